The van der Waals surface area contributed by atoms with Crippen LogP contribution in [0.25, 0.3) is 0 Å². The quantitative estimate of drug-likeness (QED) is 0.452. The molecule has 2 nitrogen and oxygen atoms in total. The van der Waals surface area contributed by atoms with E-state index in [2.05, 4.69) is 0 Å². The molecule has 0 aromatic rings. The summed E-state index contributed by atoms with van der Waals surface area (Å²) in [5, 5.41) is 0. The largest absolute Gasteiger partial charge is 0.272 e. The summed E-state index contributed by atoms with van der Waals surface area (Å²) in [6, 6.07) is 0. The van der Waals surface area contributed by atoms with Crippen molar-refractivity contribution in [2.24, 2.45) is 0 Å². The standard InChI is InChI=1S/C3H5FNO/c1-2(4)3(5)6/h2,5H,1H3. The van der Waals surface area contributed by atoms with Crippen molar-refractivity contribution in [3.8, 4) is 0 Å². The van der Waals surface area contributed by atoms with Gasteiger partial charge >= 0.3 is 0 Å². The monoisotopic (exact) mass is 90.0 g/mol. The Balaban J connectivity index is 3.26. The highest BCUT2D eigenvalue weighted by atomic mass is 19.1. The fourth-order valence-corrected chi connectivity index (χ4v) is 0. The summed E-state index contributed by atoms with van der Waals surface area (Å²) >= 11 is 0. The van der Waals surface area contributed by atoms with Crippen LogP contribution < -0.4 is 5.73 Å². The van der Waals surface area contributed by atoms with Gasteiger partial charge in [-0.05, 0) is 6.92 Å². The van der Waals surface area contributed by atoms with Crippen molar-refractivity contribution in [1.29, 1.82) is 0 Å². The number of rotatable bonds is 1. The lowest BCUT2D eigenvalue weighted by Gasteiger charge is -1.85. The molecule has 35 valence electrons. The lowest BCUT2D eigenvalue weighted by atomic mass is 10.4. The van der Waals surface area contributed by atoms with Crippen molar-refractivity contribution in [1.82, 2.24) is 5.73 Å². The summed E-state index contributed by atoms with van der Waals surface area (Å²) in [6.07, 6.45) is -1.62. The molecule has 0 heterocycles. The van der Waals surface area contributed by atoms with Gasteiger partial charge in [0.15, 0.2) is 6.17 Å². The molecule has 1 radical (unpaired) electrons. The summed E-state index contributed by atoms with van der Waals surface area (Å²) < 4.78 is 11.3. The van der Waals surface area contributed by atoms with Crippen molar-refractivity contribution in [3.05, 3.63) is 0 Å². The van der Waals surface area contributed by atoms with Gasteiger partial charge in [0.2, 0.25) is 0 Å². The van der Waals surface area contributed by atoms with E-state index < -0.39 is 12.1 Å². The van der Waals surface area contributed by atoms with Crippen molar-refractivity contribution in [2.75, 3.05) is 0 Å². The van der Waals surface area contributed by atoms with Crippen molar-refractivity contribution in [3.63, 3.8) is 0 Å². The molecule has 1 N–H and O–H groups in total. The Kier molecular flexibility index (Phi) is 1.57. The third-order valence-electron chi connectivity index (χ3n) is 0.361. The molecule has 0 aromatic heterocycles. The Labute approximate surface area is 35.1 Å². The van der Waals surface area contributed by atoms with Gasteiger partial charge in [-0.15, -0.1) is 0 Å². The summed E-state index contributed by atoms with van der Waals surface area (Å²) in [5.74, 6) is -1.16. The Morgan fingerprint density at radius 3 is 2.17 bits per heavy atom. The lowest BCUT2D eigenvalue weighted by molar-refractivity contribution is -0.122. The third-order valence-corrected chi connectivity index (χ3v) is 0.361. The highest BCUT2D eigenvalue weighted by Crippen LogP contribution is 1.82. The molecule has 0 spiro atoms. The maximum Gasteiger partial charge on any atom is 0.272 e. The Bertz CT molecular complexity index is 61.8. The van der Waals surface area contributed by atoms with E-state index in [9.17, 15) is 9.18 Å². The second-order valence-corrected chi connectivity index (χ2v) is 0.980. The number of hydrogen-bond donors (Lipinski definition) is 0. The van der Waals surface area contributed by atoms with Crippen LogP contribution in [-0.4, -0.2) is 12.1 Å². The zero-order chi connectivity index (χ0) is 5.15. The molecular formula is C3H5FNO. The second-order valence-electron chi connectivity index (χ2n) is 0.980. The van der Waals surface area contributed by atoms with Gasteiger partial charge in [0.25, 0.3) is 5.91 Å². The SMILES string of the molecule is CC(F)C([NH])=O. The van der Waals surface area contributed by atoms with Crippen LogP contribution in [0.15, 0.2) is 0 Å². The van der Waals surface area contributed by atoms with Gasteiger partial charge in [0.05, 0.1) is 0 Å². The molecule has 0 saturated carbocycles. The Morgan fingerprint density at radius 1 is 2.00 bits per heavy atom. The molecule has 1 atom stereocenters. The number of carbonyl (C=O) groups is 1. The van der Waals surface area contributed by atoms with Gasteiger partial charge in [-0.3, -0.25) is 10.5 Å². The van der Waals surface area contributed by atoms with Gasteiger partial charge in [0, 0.05) is 0 Å². The van der Waals surface area contributed by atoms with E-state index >= 15 is 0 Å². The predicted octanol–water partition coefficient (Wildman–Crippen LogP) is 0.154. The third kappa shape index (κ3) is 1.69. The number of alkyl halides is 1. The average molecular weight is 90.1 g/mol. The molecule has 0 aromatic carbocycles. The average Bonchev–Trinajstić information content (AvgIpc) is 1.36. The molecule has 1 amide bonds. The molecule has 6 heavy (non-hydrogen) atoms. The first kappa shape index (κ1) is 5.40. The second kappa shape index (κ2) is 1.74. The van der Waals surface area contributed by atoms with Gasteiger partial charge in [-0.1, -0.05) is 0 Å². The molecule has 0 aliphatic heterocycles. The van der Waals surface area contributed by atoms with Gasteiger partial charge < -0.3 is 0 Å². The molecule has 3 heteroatoms. The zero-order valence-electron chi connectivity index (χ0n) is 3.36. The van der Waals surface area contributed by atoms with E-state index in [1.807, 2.05) is 0 Å². The maximum atomic E-state index is 11.3. The van der Waals surface area contributed by atoms with Crippen LogP contribution in [-0.2, 0) is 4.79 Å². The summed E-state index contributed by atoms with van der Waals surface area (Å²) in [7, 11) is 0. The van der Waals surface area contributed by atoms with E-state index in [0.29, 0.717) is 0 Å². The Morgan fingerprint density at radius 2 is 2.17 bits per heavy atom. The summed E-state index contributed by atoms with van der Waals surface area (Å²) in [6.45, 7) is 1.04. The van der Waals surface area contributed by atoms with Gasteiger partial charge in [-0.2, -0.15) is 0 Å². The zero-order valence-corrected chi connectivity index (χ0v) is 3.36. The first-order valence-corrected chi connectivity index (χ1v) is 1.54. The van der Waals surface area contributed by atoms with Crippen LogP contribution in [0.2, 0.25) is 0 Å². The van der Waals surface area contributed by atoms with Gasteiger partial charge in [0.1, 0.15) is 0 Å². The van der Waals surface area contributed by atoms with Gasteiger partial charge in [-0.25, -0.2) is 4.39 Å². The van der Waals surface area contributed by atoms with E-state index in [4.69, 9.17) is 5.73 Å². The fourth-order valence-electron chi connectivity index (χ4n) is 0. The number of amides is 1. The van der Waals surface area contributed by atoms with E-state index in [-0.39, 0.29) is 0 Å². The smallest absolute Gasteiger partial charge is 0.270 e. The first-order chi connectivity index (χ1) is 2.64. The van der Waals surface area contributed by atoms with Crippen LogP contribution in [0.3, 0.4) is 0 Å². The molecule has 0 fully saturated rings. The minimum absolute atomic E-state index is 1.04. The van der Waals surface area contributed by atoms with Crippen LogP contribution in [0, 0.1) is 0 Å². The normalized spacial score (nSPS) is 13.7. The summed E-state index contributed by atoms with van der Waals surface area (Å²) in [4.78, 5) is 9.44. The number of hydrogen-bond acceptors (Lipinski definition) is 1. The summed E-state index contributed by atoms with van der Waals surface area (Å²) in [5.41, 5.74) is 6.02. The fraction of sp³-hybridized carbons (Fsp3) is 0.667. The molecular weight excluding hydrogens is 85.0 g/mol. The van der Waals surface area contributed by atoms with Crippen LogP contribution in [0.5, 0.6) is 0 Å². The number of nitrogens with one attached hydrogen (secondary N) is 1. The van der Waals surface area contributed by atoms with Crippen molar-refractivity contribution < 1.29 is 9.18 Å². The number of carbonyl (C=O) groups excluding carboxylic acids is 1. The molecule has 0 bridgehead atoms. The topological polar surface area (TPSA) is 40.9 Å². The van der Waals surface area contributed by atoms with Crippen molar-refractivity contribution >= 4 is 5.91 Å². The maximum absolute atomic E-state index is 11.3. The van der Waals surface area contributed by atoms with Crippen molar-refractivity contribution in [2.45, 2.75) is 13.1 Å². The van der Waals surface area contributed by atoms with Crippen LogP contribution in [0.1, 0.15) is 6.92 Å². The highest BCUT2D eigenvalue weighted by molar-refractivity contribution is 5.77. The van der Waals surface area contributed by atoms with E-state index in [0.717, 1.165) is 6.92 Å². The molecule has 0 saturated heterocycles. The molecule has 0 aliphatic carbocycles. The van der Waals surface area contributed by atoms with Crippen LogP contribution in [0.4, 0.5) is 4.39 Å². The minimum Gasteiger partial charge on any atom is -0.270 e. The lowest BCUT2D eigenvalue weighted by Crippen LogP contribution is -2.10. The van der Waals surface area contributed by atoms with E-state index in [1.165, 1.54) is 0 Å². The van der Waals surface area contributed by atoms with E-state index in [1.54, 1.807) is 0 Å². The molecule has 1 unspecified atom stereocenters. The first-order valence-electron chi connectivity index (χ1n) is 1.54. The minimum atomic E-state index is -1.62. The van der Waals surface area contributed by atoms with Crippen LogP contribution >= 0.6 is 0 Å². The number of halogens is 1. The highest BCUT2D eigenvalue weighted by Gasteiger charge is 2.02. The Hall–Kier alpha value is -0.600. The molecule has 0 aliphatic rings. The molecule has 0 rings (SSSR count). The predicted molar refractivity (Wildman–Crippen MR) is 18.7 cm³/mol.